The first-order valence-corrected chi connectivity index (χ1v) is 6.57. The molecule has 1 N–H and O–H groups in total. The van der Waals surface area contributed by atoms with Crippen molar-refractivity contribution in [1.29, 1.82) is 0 Å². The molecule has 0 saturated carbocycles. The lowest BCUT2D eigenvalue weighted by Gasteiger charge is -2.19. The zero-order valence-electron chi connectivity index (χ0n) is 11.8. The van der Waals surface area contributed by atoms with Crippen molar-refractivity contribution in [3.8, 4) is 0 Å². The molecule has 0 unspecified atom stereocenters. The van der Waals surface area contributed by atoms with Crippen LogP contribution < -0.4 is 5.32 Å². The Kier molecular flexibility index (Phi) is 6.81. The maximum absolute atomic E-state index is 12.2. The number of nitrogens with zero attached hydrogens (tertiary/aromatic N) is 3. The number of likely N-dealkylation sites (N-methyl/N-ethyl adjacent to an activating group) is 1. The zero-order chi connectivity index (χ0) is 14.1. The summed E-state index contributed by atoms with van der Waals surface area (Å²) in [5, 5.41) is 3.12. The van der Waals surface area contributed by atoms with Crippen LogP contribution in [0.25, 0.3) is 0 Å². The highest BCUT2D eigenvalue weighted by Gasteiger charge is 2.15. The fourth-order valence-corrected chi connectivity index (χ4v) is 1.55. The maximum atomic E-state index is 12.2. The van der Waals surface area contributed by atoms with Crippen LogP contribution in [0.1, 0.15) is 30.8 Å². The van der Waals surface area contributed by atoms with Crippen molar-refractivity contribution in [3.63, 3.8) is 0 Å². The van der Waals surface area contributed by atoms with Gasteiger partial charge in [-0.2, -0.15) is 0 Å². The number of aromatic nitrogens is 2. The Bertz CT molecular complexity index is 381. The van der Waals surface area contributed by atoms with Crippen molar-refractivity contribution >= 4 is 11.7 Å². The summed E-state index contributed by atoms with van der Waals surface area (Å²) in [4.78, 5) is 22.2. The van der Waals surface area contributed by atoms with E-state index >= 15 is 0 Å². The minimum Gasteiger partial charge on any atom is -0.383 e. The number of methoxy groups -OCH3 is 1. The number of carbonyl (C=O) groups excluding carboxylic acids is 1. The fraction of sp³-hybridized carbons (Fsp3) is 0.615. The summed E-state index contributed by atoms with van der Waals surface area (Å²) in [7, 11) is 1.62. The molecule has 0 atom stereocenters. The van der Waals surface area contributed by atoms with Gasteiger partial charge in [-0.1, -0.05) is 6.92 Å². The van der Waals surface area contributed by atoms with E-state index in [0.29, 0.717) is 31.2 Å². The Hall–Kier alpha value is -1.69. The summed E-state index contributed by atoms with van der Waals surface area (Å²) in [6.45, 7) is 6.55. The summed E-state index contributed by atoms with van der Waals surface area (Å²) in [6, 6.07) is 0. The van der Waals surface area contributed by atoms with Crippen LogP contribution >= 0.6 is 0 Å². The molecule has 106 valence electrons. The van der Waals surface area contributed by atoms with Gasteiger partial charge in [0.25, 0.3) is 5.91 Å². The Morgan fingerprint density at radius 2 is 2.16 bits per heavy atom. The summed E-state index contributed by atoms with van der Waals surface area (Å²) < 4.78 is 4.98. The molecular weight excluding hydrogens is 244 g/mol. The van der Waals surface area contributed by atoms with Crippen molar-refractivity contribution in [2.45, 2.75) is 20.3 Å². The molecule has 19 heavy (non-hydrogen) atoms. The first-order chi connectivity index (χ1) is 9.22. The third-order valence-electron chi connectivity index (χ3n) is 2.66. The molecule has 1 aromatic heterocycles. The van der Waals surface area contributed by atoms with Crippen molar-refractivity contribution in [3.05, 3.63) is 18.1 Å². The molecule has 0 bridgehead atoms. The minimum atomic E-state index is -0.117. The third-order valence-corrected chi connectivity index (χ3v) is 2.66. The molecule has 1 amide bonds. The van der Waals surface area contributed by atoms with Gasteiger partial charge in [-0.15, -0.1) is 0 Å². The molecule has 0 aliphatic heterocycles. The highest BCUT2D eigenvalue weighted by Crippen LogP contribution is 2.04. The van der Waals surface area contributed by atoms with E-state index < -0.39 is 0 Å². The maximum Gasteiger partial charge on any atom is 0.274 e. The highest BCUT2D eigenvalue weighted by atomic mass is 16.5. The van der Waals surface area contributed by atoms with E-state index in [4.69, 9.17) is 4.74 Å². The van der Waals surface area contributed by atoms with Crippen LogP contribution in [0.4, 0.5) is 5.82 Å². The molecule has 6 nitrogen and oxygen atoms in total. The van der Waals surface area contributed by atoms with Gasteiger partial charge in [-0.3, -0.25) is 4.79 Å². The van der Waals surface area contributed by atoms with E-state index in [1.807, 2.05) is 6.92 Å². The SMILES string of the molecule is CCCNc1cnc(C(=O)N(CC)CCOC)cn1. The molecule has 1 rings (SSSR count). The molecule has 0 fully saturated rings. The Balaban J connectivity index is 2.65. The van der Waals surface area contributed by atoms with Gasteiger partial charge in [-0.25, -0.2) is 9.97 Å². The first-order valence-electron chi connectivity index (χ1n) is 6.57. The monoisotopic (exact) mass is 266 g/mol. The zero-order valence-corrected chi connectivity index (χ0v) is 11.8. The quantitative estimate of drug-likeness (QED) is 0.770. The van der Waals surface area contributed by atoms with Crippen LogP contribution in [0.15, 0.2) is 12.4 Å². The van der Waals surface area contributed by atoms with Crippen LogP contribution in [-0.2, 0) is 4.74 Å². The summed E-state index contributed by atoms with van der Waals surface area (Å²) in [5.74, 6) is 0.576. The van der Waals surface area contributed by atoms with Gasteiger partial charge < -0.3 is 15.0 Å². The molecule has 0 aromatic carbocycles. The van der Waals surface area contributed by atoms with Crippen LogP contribution in [0.2, 0.25) is 0 Å². The van der Waals surface area contributed by atoms with Crippen LogP contribution in [0, 0.1) is 0 Å². The lowest BCUT2D eigenvalue weighted by atomic mass is 10.3. The van der Waals surface area contributed by atoms with Gasteiger partial charge in [0.1, 0.15) is 11.5 Å². The van der Waals surface area contributed by atoms with Gasteiger partial charge in [0.15, 0.2) is 0 Å². The predicted molar refractivity (Wildman–Crippen MR) is 74.3 cm³/mol. The van der Waals surface area contributed by atoms with Crippen LogP contribution in [0.5, 0.6) is 0 Å². The minimum absolute atomic E-state index is 0.117. The smallest absolute Gasteiger partial charge is 0.274 e. The lowest BCUT2D eigenvalue weighted by molar-refractivity contribution is 0.0700. The molecule has 0 saturated heterocycles. The Labute approximate surface area is 114 Å². The molecule has 0 spiro atoms. The van der Waals surface area contributed by atoms with E-state index in [-0.39, 0.29) is 5.91 Å². The van der Waals surface area contributed by atoms with Crippen molar-refractivity contribution < 1.29 is 9.53 Å². The number of amides is 1. The van der Waals surface area contributed by atoms with Crippen LogP contribution in [0.3, 0.4) is 0 Å². The first kappa shape index (κ1) is 15.4. The number of carbonyl (C=O) groups is 1. The normalized spacial score (nSPS) is 10.3. The number of nitrogens with one attached hydrogen (secondary N) is 1. The molecule has 0 radical (unpaired) electrons. The summed E-state index contributed by atoms with van der Waals surface area (Å²) in [6.07, 6.45) is 4.12. The van der Waals surface area contributed by atoms with E-state index in [2.05, 4.69) is 22.2 Å². The van der Waals surface area contributed by atoms with Crippen molar-refractivity contribution in [1.82, 2.24) is 14.9 Å². The number of rotatable bonds is 8. The fourth-order valence-electron chi connectivity index (χ4n) is 1.55. The second-order valence-electron chi connectivity index (χ2n) is 4.09. The van der Waals surface area contributed by atoms with Crippen molar-refractivity contribution in [2.24, 2.45) is 0 Å². The highest BCUT2D eigenvalue weighted by molar-refractivity contribution is 5.92. The standard InChI is InChI=1S/C13H22N4O2/c1-4-6-14-12-10-15-11(9-16-12)13(18)17(5-2)7-8-19-3/h9-10H,4-8H2,1-3H3,(H,14,16). The summed E-state index contributed by atoms with van der Waals surface area (Å²) >= 11 is 0. The van der Waals surface area contributed by atoms with E-state index in [9.17, 15) is 4.79 Å². The third kappa shape index (κ3) is 4.82. The molecule has 6 heteroatoms. The lowest BCUT2D eigenvalue weighted by Crippen LogP contribution is -2.34. The largest absolute Gasteiger partial charge is 0.383 e. The van der Waals surface area contributed by atoms with Gasteiger partial charge >= 0.3 is 0 Å². The summed E-state index contributed by atoms with van der Waals surface area (Å²) in [5.41, 5.74) is 0.361. The van der Waals surface area contributed by atoms with Gasteiger partial charge in [0.05, 0.1) is 19.0 Å². The number of ether oxygens (including phenoxy) is 1. The van der Waals surface area contributed by atoms with Gasteiger partial charge in [0.2, 0.25) is 0 Å². The predicted octanol–water partition coefficient (Wildman–Crippen LogP) is 1.41. The number of hydrogen-bond acceptors (Lipinski definition) is 5. The average molecular weight is 266 g/mol. The van der Waals surface area contributed by atoms with Gasteiger partial charge in [0, 0.05) is 26.7 Å². The molecule has 1 aromatic rings. The number of anilines is 1. The average Bonchev–Trinajstić information content (AvgIpc) is 2.46. The Morgan fingerprint density at radius 1 is 1.37 bits per heavy atom. The molecular formula is C13H22N4O2. The molecule has 0 aliphatic rings. The van der Waals surface area contributed by atoms with E-state index in [0.717, 1.165) is 13.0 Å². The number of hydrogen-bond donors (Lipinski definition) is 1. The molecule has 0 aliphatic carbocycles. The second-order valence-corrected chi connectivity index (χ2v) is 4.09. The second kappa shape index (κ2) is 8.42. The van der Waals surface area contributed by atoms with Crippen LogP contribution in [-0.4, -0.2) is 54.1 Å². The topological polar surface area (TPSA) is 67.4 Å². The van der Waals surface area contributed by atoms with E-state index in [1.54, 1.807) is 18.2 Å². The Morgan fingerprint density at radius 3 is 2.68 bits per heavy atom. The van der Waals surface area contributed by atoms with Gasteiger partial charge in [-0.05, 0) is 13.3 Å². The molecule has 1 heterocycles. The van der Waals surface area contributed by atoms with E-state index in [1.165, 1.54) is 6.20 Å². The van der Waals surface area contributed by atoms with Crippen molar-refractivity contribution in [2.75, 3.05) is 38.7 Å².